The zero-order chi connectivity index (χ0) is 14.6. The van der Waals surface area contributed by atoms with Crippen molar-refractivity contribution in [2.45, 2.75) is 51.9 Å². The number of carboxylic acids is 1. The molecule has 0 radical (unpaired) electrons. The molecule has 2 aliphatic rings. The summed E-state index contributed by atoms with van der Waals surface area (Å²) in [7, 11) is 0. The molecule has 1 heterocycles. The molecule has 20 heavy (non-hydrogen) atoms. The van der Waals surface area contributed by atoms with E-state index >= 15 is 0 Å². The third-order valence-corrected chi connectivity index (χ3v) is 4.78. The van der Waals surface area contributed by atoms with Crippen molar-refractivity contribution in [2.24, 2.45) is 11.3 Å². The molecule has 2 N–H and O–H groups in total. The molecule has 1 saturated heterocycles. The average molecular weight is 282 g/mol. The van der Waals surface area contributed by atoms with Gasteiger partial charge in [-0.2, -0.15) is 0 Å². The maximum absolute atomic E-state index is 12.2. The minimum Gasteiger partial charge on any atom is -0.481 e. The molecule has 1 aliphatic heterocycles. The molecule has 1 atom stereocenters. The first-order valence-corrected chi connectivity index (χ1v) is 7.76. The lowest BCUT2D eigenvalue weighted by Gasteiger charge is -2.36. The Morgan fingerprint density at radius 2 is 1.95 bits per heavy atom. The van der Waals surface area contributed by atoms with Gasteiger partial charge in [0.25, 0.3) is 0 Å². The number of aliphatic carboxylic acids is 1. The van der Waals surface area contributed by atoms with Gasteiger partial charge >= 0.3 is 12.0 Å². The molecular formula is C15H26N2O3. The zero-order valence-corrected chi connectivity index (χ0v) is 12.4. The summed E-state index contributed by atoms with van der Waals surface area (Å²) in [5.74, 6) is -1.19. The van der Waals surface area contributed by atoms with Crippen LogP contribution in [0.4, 0.5) is 4.79 Å². The van der Waals surface area contributed by atoms with E-state index in [-0.39, 0.29) is 11.4 Å². The largest absolute Gasteiger partial charge is 0.481 e. The molecule has 5 nitrogen and oxygen atoms in total. The molecule has 2 rings (SSSR count). The number of piperidine rings is 1. The van der Waals surface area contributed by atoms with Gasteiger partial charge in [0.05, 0.1) is 5.92 Å². The highest BCUT2D eigenvalue weighted by Gasteiger charge is 2.30. The molecule has 2 fully saturated rings. The normalized spacial score (nSPS) is 26.1. The highest BCUT2D eigenvalue weighted by atomic mass is 16.4. The van der Waals surface area contributed by atoms with E-state index < -0.39 is 11.9 Å². The molecule has 1 aliphatic carbocycles. The van der Waals surface area contributed by atoms with Crippen molar-refractivity contribution in [2.75, 3.05) is 19.6 Å². The standard InChI is InChI=1S/C15H26N2O3/c1-15(7-3-2-4-8-15)11-16-14(20)17-9-5-6-12(10-17)13(18)19/h12H,2-11H2,1H3,(H,16,20)(H,18,19)/t12-/m1/s1. The fourth-order valence-electron chi connectivity index (χ4n) is 3.35. The lowest BCUT2D eigenvalue weighted by atomic mass is 9.76. The molecule has 114 valence electrons. The van der Waals surface area contributed by atoms with Crippen LogP contribution in [0, 0.1) is 11.3 Å². The average Bonchev–Trinajstić information content (AvgIpc) is 2.46. The fourth-order valence-corrected chi connectivity index (χ4v) is 3.35. The zero-order valence-electron chi connectivity index (χ0n) is 12.4. The van der Waals surface area contributed by atoms with Crippen molar-refractivity contribution >= 4 is 12.0 Å². The van der Waals surface area contributed by atoms with Crippen LogP contribution in [0.2, 0.25) is 0 Å². The molecular weight excluding hydrogens is 256 g/mol. The van der Waals surface area contributed by atoms with Gasteiger partial charge in [-0.25, -0.2) is 4.79 Å². The number of nitrogens with zero attached hydrogens (tertiary/aromatic N) is 1. The third-order valence-electron chi connectivity index (χ3n) is 4.78. The van der Waals surface area contributed by atoms with Gasteiger partial charge in [-0.1, -0.05) is 26.2 Å². The number of nitrogens with one attached hydrogen (secondary N) is 1. The molecule has 0 bridgehead atoms. The van der Waals surface area contributed by atoms with Crippen molar-refractivity contribution in [3.05, 3.63) is 0 Å². The number of hydrogen-bond donors (Lipinski definition) is 2. The second-order valence-electron chi connectivity index (χ2n) is 6.65. The smallest absolute Gasteiger partial charge is 0.317 e. The van der Waals surface area contributed by atoms with Crippen LogP contribution in [0.15, 0.2) is 0 Å². The molecule has 5 heteroatoms. The highest BCUT2D eigenvalue weighted by Crippen LogP contribution is 2.35. The van der Waals surface area contributed by atoms with Gasteiger partial charge in [-0.05, 0) is 31.1 Å². The van der Waals surface area contributed by atoms with Crippen molar-refractivity contribution in [1.29, 1.82) is 0 Å². The number of likely N-dealkylation sites (tertiary alicyclic amines) is 1. The van der Waals surface area contributed by atoms with E-state index in [1.807, 2.05) is 0 Å². The Morgan fingerprint density at radius 3 is 2.60 bits per heavy atom. The van der Waals surface area contributed by atoms with Gasteiger partial charge in [0.1, 0.15) is 0 Å². The molecule has 1 saturated carbocycles. The summed E-state index contributed by atoms with van der Waals surface area (Å²) in [6.07, 6.45) is 7.60. The number of hydrogen-bond acceptors (Lipinski definition) is 2. The second kappa shape index (κ2) is 6.46. The van der Waals surface area contributed by atoms with Gasteiger partial charge in [-0.15, -0.1) is 0 Å². The number of amides is 2. The van der Waals surface area contributed by atoms with Crippen LogP contribution >= 0.6 is 0 Å². The Morgan fingerprint density at radius 1 is 1.25 bits per heavy atom. The molecule has 0 spiro atoms. The molecule has 0 unspecified atom stereocenters. The predicted octanol–water partition coefficient (Wildman–Crippen LogP) is 2.46. The first-order chi connectivity index (χ1) is 9.50. The molecule has 2 amide bonds. The highest BCUT2D eigenvalue weighted by molar-refractivity contribution is 5.76. The van der Waals surface area contributed by atoms with Gasteiger partial charge in [0.15, 0.2) is 0 Å². The van der Waals surface area contributed by atoms with Crippen molar-refractivity contribution in [3.63, 3.8) is 0 Å². The summed E-state index contributed by atoms with van der Waals surface area (Å²) >= 11 is 0. The van der Waals surface area contributed by atoms with E-state index in [2.05, 4.69) is 12.2 Å². The van der Waals surface area contributed by atoms with Crippen LogP contribution in [0.5, 0.6) is 0 Å². The van der Waals surface area contributed by atoms with E-state index in [1.54, 1.807) is 4.90 Å². The van der Waals surface area contributed by atoms with Gasteiger partial charge < -0.3 is 15.3 Å². The Bertz CT molecular complexity index is 364. The topological polar surface area (TPSA) is 69.6 Å². The lowest BCUT2D eigenvalue weighted by molar-refractivity contribution is -0.143. The monoisotopic (exact) mass is 282 g/mol. The van der Waals surface area contributed by atoms with E-state index in [4.69, 9.17) is 5.11 Å². The van der Waals surface area contributed by atoms with Gasteiger partial charge in [0.2, 0.25) is 0 Å². The Hall–Kier alpha value is -1.26. The predicted molar refractivity (Wildman–Crippen MR) is 76.5 cm³/mol. The minimum absolute atomic E-state index is 0.0947. The number of rotatable bonds is 3. The minimum atomic E-state index is -0.790. The summed E-state index contributed by atoms with van der Waals surface area (Å²) in [4.78, 5) is 24.9. The summed E-state index contributed by atoms with van der Waals surface area (Å²) in [5, 5.41) is 12.1. The summed E-state index contributed by atoms with van der Waals surface area (Å²) in [6.45, 7) is 3.97. The number of carbonyl (C=O) groups excluding carboxylic acids is 1. The number of urea groups is 1. The Balaban J connectivity index is 1.80. The first kappa shape index (κ1) is 15.1. The maximum Gasteiger partial charge on any atom is 0.317 e. The number of carboxylic acid groups (broad SMARTS) is 1. The maximum atomic E-state index is 12.2. The van der Waals surface area contributed by atoms with Crippen LogP contribution in [0.25, 0.3) is 0 Å². The van der Waals surface area contributed by atoms with E-state index in [9.17, 15) is 9.59 Å². The van der Waals surface area contributed by atoms with Crippen LogP contribution in [0.1, 0.15) is 51.9 Å². The van der Waals surface area contributed by atoms with E-state index in [0.29, 0.717) is 26.1 Å². The quantitative estimate of drug-likeness (QED) is 0.835. The first-order valence-electron chi connectivity index (χ1n) is 7.76. The Kier molecular flexibility index (Phi) is 4.89. The van der Waals surface area contributed by atoms with Crippen LogP contribution in [-0.4, -0.2) is 41.6 Å². The van der Waals surface area contributed by atoms with E-state index in [1.165, 1.54) is 32.1 Å². The van der Waals surface area contributed by atoms with Gasteiger partial charge in [0, 0.05) is 19.6 Å². The SMILES string of the molecule is CC1(CNC(=O)N2CCC[C@@H](C(=O)O)C2)CCCCC1. The van der Waals surface area contributed by atoms with Crippen molar-refractivity contribution in [3.8, 4) is 0 Å². The Labute approximate surface area is 120 Å². The molecule has 0 aromatic carbocycles. The summed E-state index contributed by atoms with van der Waals surface area (Å²) in [5.41, 5.74) is 0.218. The summed E-state index contributed by atoms with van der Waals surface area (Å²) < 4.78 is 0. The van der Waals surface area contributed by atoms with Crippen molar-refractivity contribution in [1.82, 2.24) is 10.2 Å². The fraction of sp³-hybridized carbons (Fsp3) is 0.867. The summed E-state index contributed by atoms with van der Waals surface area (Å²) in [6, 6.07) is -0.0947. The van der Waals surface area contributed by atoms with Crippen LogP contribution < -0.4 is 5.32 Å². The van der Waals surface area contributed by atoms with Crippen LogP contribution in [-0.2, 0) is 4.79 Å². The second-order valence-corrected chi connectivity index (χ2v) is 6.65. The lowest BCUT2D eigenvalue weighted by Crippen LogP contribution is -2.49. The van der Waals surface area contributed by atoms with Crippen molar-refractivity contribution < 1.29 is 14.7 Å². The number of carbonyl (C=O) groups is 2. The van der Waals surface area contributed by atoms with E-state index in [0.717, 1.165) is 6.42 Å². The van der Waals surface area contributed by atoms with Crippen LogP contribution in [0.3, 0.4) is 0 Å². The molecule has 0 aromatic heterocycles. The third kappa shape index (κ3) is 3.87. The van der Waals surface area contributed by atoms with Gasteiger partial charge in [-0.3, -0.25) is 4.79 Å². The molecule has 0 aromatic rings.